The number of carboxylic acid groups (broad SMARTS) is 1. The lowest BCUT2D eigenvalue weighted by Gasteiger charge is -2.20. The van der Waals surface area contributed by atoms with Gasteiger partial charge in [-0.1, -0.05) is 60.7 Å². The Morgan fingerprint density at radius 3 is 1.26 bits per heavy atom. The van der Waals surface area contributed by atoms with E-state index in [-0.39, 0.29) is 51.8 Å². The number of carboxylic acids is 1. The fraction of sp³-hybridized carbons (Fsp3) is 0.139. The van der Waals surface area contributed by atoms with Gasteiger partial charge in [-0.25, -0.2) is 32.9 Å². The average Bonchev–Trinajstić information content (AvgIpc) is 0.828. The summed E-state index contributed by atoms with van der Waals surface area (Å²) in [5.41, 5.74) is 8.74. The van der Waals surface area contributed by atoms with Gasteiger partial charge in [0.25, 0.3) is 11.4 Å². The van der Waals surface area contributed by atoms with Gasteiger partial charge in [0.15, 0.2) is 57.9 Å². The van der Waals surface area contributed by atoms with Crippen molar-refractivity contribution in [3.8, 4) is 57.5 Å². The van der Waals surface area contributed by atoms with E-state index >= 15 is 0 Å². The van der Waals surface area contributed by atoms with Crippen LogP contribution < -0.4 is 65.6 Å². The van der Waals surface area contributed by atoms with E-state index in [4.69, 9.17) is 44.0 Å². The third-order valence-electron chi connectivity index (χ3n) is 16.1. The molecule has 560 valence electrons. The number of Topliss-reactive ketones (excluding diaryl/α,β-unsaturated/α-hetero) is 3. The predicted molar refractivity (Wildman–Crippen MR) is 400 cm³/mol. The van der Waals surface area contributed by atoms with Crippen LogP contribution in [0.15, 0.2) is 235 Å². The van der Waals surface area contributed by atoms with Crippen molar-refractivity contribution in [3.63, 3.8) is 0 Å². The molecule has 0 fully saturated rings. The molecule has 0 bridgehead atoms. The van der Waals surface area contributed by atoms with Crippen LogP contribution in [0.1, 0.15) is 29.5 Å². The number of carbonyl (C=O) groups is 4. The van der Waals surface area contributed by atoms with E-state index < -0.39 is 33.2 Å². The number of aliphatic carboxylic acids is 1. The Bertz CT molecular complexity index is 5200. The van der Waals surface area contributed by atoms with E-state index in [9.17, 15) is 57.4 Å². The number of non-ortho nitro benzene ring substituents is 2. The van der Waals surface area contributed by atoms with Gasteiger partial charge in [-0.2, -0.15) is 0 Å². The van der Waals surface area contributed by atoms with Crippen LogP contribution in [0.5, 0.6) is 57.5 Å². The topological polar surface area (TPSA) is 385 Å². The number of nitro benzene ring substituents is 2. The maximum Gasteiger partial charge on any atom is 0.339 e. The number of rotatable bonds is 14. The zero-order valence-electron chi connectivity index (χ0n) is 58.0. The summed E-state index contributed by atoms with van der Waals surface area (Å²) >= 11 is 0. The number of fused-ring (bicyclic) bond motifs is 4. The number of aromatic amines is 1. The van der Waals surface area contributed by atoms with E-state index in [1.54, 1.807) is 122 Å². The summed E-state index contributed by atoms with van der Waals surface area (Å²) < 4.78 is 77.4. The largest absolute Gasteiger partial charge is 0.485 e. The number of benzene rings is 6. The Labute approximate surface area is 623 Å². The van der Waals surface area contributed by atoms with E-state index in [1.165, 1.54) is 60.7 Å². The van der Waals surface area contributed by atoms with Crippen molar-refractivity contribution in [2.24, 2.45) is 0 Å². The number of aromatic nitrogens is 4. The van der Waals surface area contributed by atoms with E-state index in [0.29, 0.717) is 161 Å². The number of nitrogens with one attached hydrogen (secondary N) is 5. The normalized spacial score (nSPS) is 13.7. The van der Waals surface area contributed by atoms with Crippen molar-refractivity contribution < 1.29 is 80.5 Å². The molecular formula is C79H66F3N11O17. The number of hydrogen-bond acceptors (Lipinski definition) is 24. The molecule has 16 rings (SSSR count). The van der Waals surface area contributed by atoms with Crippen LogP contribution in [0.4, 0.5) is 53.5 Å². The first-order valence-electron chi connectivity index (χ1n) is 33.8. The fourth-order valence-corrected chi connectivity index (χ4v) is 10.9. The molecule has 8 heterocycles. The highest BCUT2D eigenvalue weighted by atomic mass is 19.1. The second kappa shape index (κ2) is 36.9. The molecule has 10 aromatic rings. The molecule has 6 aromatic carbocycles. The van der Waals surface area contributed by atoms with Gasteiger partial charge in [0.1, 0.15) is 66.7 Å². The number of nitrogens with two attached hydrogens (primary N) is 1. The highest BCUT2D eigenvalue weighted by Gasteiger charge is 2.28. The monoisotopic (exact) mass is 1500 g/mol. The van der Waals surface area contributed by atoms with Gasteiger partial charge < -0.3 is 70.2 Å². The molecule has 4 aliphatic heterocycles. The number of ketones is 3. The SMILES string of the molecule is Nc1ccc(Oc2ccnc3c2OCCN3)cc1.O=C(Cc1ccc(Oc2ccnc3c2OCCN3)cc1)C1=CCC=C(c2ccc(F)cc2)C1=O.O=C(O)C1=CCC=C(c2ccc(F)cc2)C1=O.O=[N+]([O-])c1ccc(F)cc1.O=[N+]([O-])c1ccc(Oc2ccnc3c2OCCN3)cc1.O=c1cc[nH]c2c1OCCN2. The summed E-state index contributed by atoms with van der Waals surface area (Å²) in [7, 11) is 0. The number of allylic oxidation sites excluding steroid dienone is 7. The van der Waals surface area contributed by atoms with Gasteiger partial charge in [-0.3, -0.25) is 39.4 Å². The van der Waals surface area contributed by atoms with Crippen molar-refractivity contribution >= 4 is 74.8 Å². The van der Waals surface area contributed by atoms with Crippen LogP contribution in [0, 0.1) is 37.7 Å². The van der Waals surface area contributed by atoms with Crippen molar-refractivity contribution in [1.82, 2.24) is 19.9 Å². The first kappa shape index (κ1) is 76.5. The number of nitrogens with zero attached hydrogens (tertiary/aromatic N) is 5. The highest BCUT2D eigenvalue weighted by molar-refractivity contribution is 6.39. The Morgan fingerprint density at radius 2 is 0.845 bits per heavy atom. The van der Waals surface area contributed by atoms with Gasteiger partial charge in [0.05, 0.1) is 41.6 Å². The number of halogens is 3. The summed E-state index contributed by atoms with van der Waals surface area (Å²) in [4.78, 5) is 94.6. The van der Waals surface area contributed by atoms with Crippen molar-refractivity contribution in [2.75, 3.05) is 79.6 Å². The summed E-state index contributed by atoms with van der Waals surface area (Å²) in [5.74, 6) is 4.80. The predicted octanol–water partition coefficient (Wildman–Crippen LogP) is 13.9. The molecule has 28 nitrogen and oxygen atoms in total. The summed E-state index contributed by atoms with van der Waals surface area (Å²) in [6.07, 6.45) is 13.9. The second-order valence-corrected chi connectivity index (χ2v) is 23.6. The number of anilines is 5. The molecule has 0 amide bonds. The minimum absolute atomic E-state index is 0.0204. The Hall–Kier alpha value is -14.7. The van der Waals surface area contributed by atoms with Crippen LogP contribution in [-0.2, 0) is 25.6 Å². The zero-order valence-corrected chi connectivity index (χ0v) is 58.0. The van der Waals surface area contributed by atoms with Crippen LogP contribution in [0.25, 0.3) is 11.1 Å². The molecular weight excluding hydrogens is 1430 g/mol. The standard InChI is InChI=1S/C27H21FN2O4.C13H9FO3.C13H11N3O4.C13H13N3O2.C7H8N2O2.C6H4FNO2/c28-19-8-6-18(7-9-19)21-2-1-3-22(25(21)32)23(31)16-17-4-10-20(11-5-17)34-24-12-13-29-27-26(24)33-15-14-30-27;14-9-6-4-8(5-7-9)10-2-1-3-11(12(10)15)13(16)17;17-16(18)9-1-3-10(4-2-9)20-11-5-6-14-13-12(11)19-8-7-15-13;14-9-1-3-10(4-2-9)18-11-5-6-15-13-12(11)17-8-7-16-13;10-5-1-2-8-7-6(5)11-4-3-9-7;7-5-1-3-6(4-2-5)8(9)10/h2-13H,1,14-16H2,(H,29,30);2-7H,1H2,(H,16,17);1-6H,7-8H2,(H,14,15);1-6H,7-8,14H2,(H,15,16);1-2H,3-4H2,(H2,8,9,10);1-4H. The third kappa shape index (κ3) is 20.4. The maximum atomic E-state index is 13.2. The van der Waals surface area contributed by atoms with Crippen molar-refractivity contribution in [3.05, 3.63) is 295 Å². The smallest absolute Gasteiger partial charge is 0.339 e. The molecule has 31 heteroatoms. The van der Waals surface area contributed by atoms with Crippen LogP contribution in [0.3, 0.4) is 0 Å². The van der Waals surface area contributed by atoms with Crippen LogP contribution in [0.2, 0.25) is 0 Å². The molecule has 0 atom stereocenters. The van der Waals surface area contributed by atoms with Gasteiger partial charge >= 0.3 is 5.97 Å². The number of hydrogen-bond donors (Lipinski definition) is 7. The average molecular weight is 1500 g/mol. The van der Waals surface area contributed by atoms with Crippen LogP contribution >= 0.6 is 0 Å². The first-order chi connectivity index (χ1) is 53.3. The Balaban J connectivity index is 0.000000138. The molecule has 0 saturated carbocycles. The first-order valence-corrected chi connectivity index (χ1v) is 33.8. The van der Waals surface area contributed by atoms with Gasteiger partial charge in [-0.15, -0.1) is 0 Å². The lowest BCUT2D eigenvalue weighted by Crippen LogP contribution is -2.23. The Morgan fingerprint density at radius 1 is 0.473 bits per heavy atom. The molecule has 0 unspecified atom stereocenters. The van der Waals surface area contributed by atoms with Gasteiger partial charge in [-0.05, 0) is 114 Å². The number of nitro groups is 2. The molecule has 2 aliphatic carbocycles. The molecule has 0 radical (unpaired) electrons. The quantitative estimate of drug-likeness (QED) is 0.0230. The Kier molecular flexibility index (Phi) is 25.6. The molecule has 6 aliphatic rings. The second-order valence-electron chi connectivity index (χ2n) is 23.6. The number of carbonyl (C=O) groups excluding carboxylic acids is 3. The minimum Gasteiger partial charge on any atom is -0.485 e. The molecule has 4 aromatic heterocycles. The molecule has 0 spiro atoms. The summed E-state index contributed by atoms with van der Waals surface area (Å²) in [5, 5.41) is 41.9. The lowest BCUT2D eigenvalue weighted by atomic mass is 9.88. The molecule has 0 saturated heterocycles. The van der Waals surface area contributed by atoms with E-state index in [2.05, 4.69) is 41.2 Å². The van der Waals surface area contributed by atoms with Crippen LogP contribution in [-0.4, -0.2) is 111 Å². The van der Waals surface area contributed by atoms with E-state index in [0.717, 1.165) is 42.9 Å². The summed E-state index contributed by atoms with van der Waals surface area (Å²) in [6, 6.07) is 42.3. The summed E-state index contributed by atoms with van der Waals surface area (Å²) in [6.45, 7) is 5.11. The lowest BCUT2D eigenvalue weighted by molar-refractivity contribution is -0.385. The van der Waals surface area contributed by atoms with Crippen molar-refractivity contribution in [2.45, 2.75) is 19.3 Å². The van der Waals surface area contributed by atoms with E-state index in [1.807, 2.05) is 12.1 Å². The van der Waals surface area contributed by atoms with Gasteiger partial charge in [0.2, 0.25) is 28.4 Å². The number of pyridine rings is 4. The molecule has 110 heavy (non-hydrogen) atoms. The minimum atomic E-state index is -1.23. The maximum absolute atomic E-state index is 13.2. The number of H-pyrrole nitrogens is 1. The zero-order chi connectivity index (χ0) is 77.5. The van der Waals surface area contributed by atoms with Crippen molar-refractivity contribution in [1.29, 1.82) is 0 Å². The highest BCUT2D eigenvalue weighted by Crippen LogP contribution is 2.41. The fourth-order valence-electron chi connectivity index (χ4n) is 10.9. The van der Waals surface area contributed by atoms with Gasteiger partial charge in [0, 0.05) is 96.6 Å². The number of nitrogen functional groups attached to an aromatic ring is 1. The third-order valence-corrected chi connectivity index (χ3v) is 16.1. The number of ether oxygens (including phenoxy) is 7. The molecule has 8 N–H and O–H groups in total.